The van der Waals surface area contributed by atoms with E-state index in [0.29, 0.717) is 30.3 Å². The van der Waals surface area contributed by atoms with E-state index in [4.69, 9.17) is 9.47 Å². The van der Waals surface area contributed by atoms with E-state index in [-0.39, 0.29) is 17.0 Å². The van der Waals surface area contributed by atoms with Crippen LogP contribution in [0.5, 0.6) is 17.2 Å². The van der Waals surface area contributed by atoms with Crippen molar-refractivity contribution in [3.63, 3.8) is 0 Å². The van der Waals surface area contributed by atoms with Gasteiger partial charge in [0.05, 0.1) is 23.3 Å². The monoisotopic (exact) mass is 485 g/mol. The summed E-state index contributed by atoms with van der Waals surface area (Å²) in [6, 6.07) is 22.6. The molecule has 4 rings (SSSR count). The number of nitro groups is 1. The van der Waals surface area contributed by atoms with E-state index in [0.717, 1.165) is 34.5 Å². The molecule has 0 radical (unpaired) electrons. The third-order valence-electron chi connectivity index (χ3n) is 5.35. The van der Waals surface area contributed by atoms with Crippen LogP contribution in [0.3, 0.4) is 0 Å². The first-order valence-corrected chi connectivity index (χ1v) is 11.1. The number of benzene rings is 4. The predicted octanol–water partition coefficient (Wildman–Crippen LogP) is 5.20. The fourth-order valence-electron chi connectivity index (χ4n) is 3.61. The molecule has 36 heavy (non-hydrogen) atoms. The van der Waals surface area contributed by atoms with E-state index in [2.05, 4.69) is 28.7 Å². The highest BCUT2D eigenvalue weighted by molar-refractivity contribution is 5.98. The summed E-state index contributed by atoms with van der Waals surface area (Å²) in [7, 11) is 0. The van der Waals surface area contributed by atoms with Crippen molar-refractivity contribution in [3.05, 3.63) is 106 Å². The van der Waals surface area contributed by atoms with Gasteiger partial charge in [0.2, 0.25) is 0 Å². The van der Waals surface area contributed by atoms with Crippen LogP contribution in [0.2, 0.25) is 0 Å². The van der Waals surface area contributed by atoms with Gasteiger partial charge in [0.1, 0.15) is 12.4 Å². The Morgan fingerprint density at radius 3 is 2.64 bits per heavy atom. The van der Waals surface area contributed by atoms with E-state index >= 15 is 0 Å². The van der Waals surface area contributed by atoms with Crippen LogP contribution in [-0.2, 0) is 6.61 Å². The first-order chi connectivity index (χ1) is 17.5. The zero-order valence-corrected chi connectivity index (χ0v) is 19.4. The van der Waals surface area contributed by atoms with Crippen molar-refractivity contribution >= 4 is 28.6 Å². The second-order valence-electron chi connectivity index (χ2n) is 7.72. The van der Waals surface area contributed by atoms with E-state index in [1.807, 2.05) is 31.2 Å². The van der Waals surface area contributed by atoms with Crippen LogP contribution in [0, 0.1) is 10.1 Å². The van der Waals surface area contributed by atoms with Gasteiger partial charge in [-0.3, -0.25) is 14.9 Å². The smallest absolute Gasteiger partial charge is 0.275 e. The molecule has 1 amide bonds. The zero-order chi connectivity index (χ0) is 25.5. The lowest BCUT2D eigenvalue weighted by Gasteiger charge is -2.13. The summed E-state index contributed by atoms with van der Waals surface area (Å²) in [6.07, 6.45) is 1.39. The van der Waals surface area contributed by atoms with E-state index < -0.39 is 10.8 Å². The number of nitrogens with zero attached hydrogens (tertiary/aromatic N) is 2. The number of phenolic OH excluding ortho intramolecular Hbond substituents is 1. The molecule has 0 aromatic heterocycles. The summed E-state index contributed by atoms with van der Waals surface area (Å²) in [5.41, 5.74) is 3.36. The molecule has 0 aliphatic carbocycles. The number of carbonyl (C=O) groups excluding carboxylic acids is 1. The quantitative estimate of drug-likeness (QED) is 0.191. The number of phenols is 1. The Bertz CT molecular complexity index is 1450. The number of ether oxygens (including phenoxy) is 2. The van der Waals surface area contributed by atoms with Crippen molar-refractivity contribution in [1.82, 2.24) is 5.43 Å². The summed E-state index contributed by atoms with van der Waals surface area (Å²) in [4.78, 5) is 22.6. The molecule has 0 atom stereocenters. The topological polar surface area (TPSA) is 123 Å². The maximum Gasteiger partial charge on any atom is 0.275 e. The third-order valence-corrected chi connectivity index (χ3v) is 5.35. The van der Waals surface area contributed by atoms with Crippen LogP contribution >= 0.6 is 0 Å². The minimum Gasteiger partial charge on any atom is -0.507 e. The molecule has 0 saturated heterocycles. The van der Waals surface area contributed by atoms with Gasteiger partial charge in [-0.15, -0.1) is 0 Å². The van der Waals surface area contributed by atoms with Crippen molar-refractivity contribution in [2.45, 2.75) is 13.5 Å². The molecule has 0 heterocycles. The summed E-state index contributed by atoms with van der Waals surface area (Å²) in [6.45, 7) is 2.65. The molecule has 2 N–H and O–H groups in total. The van der Waals surface area contributed by atoms with Gasteiger partial charge in [0.25, 0.3) is 11.6 Å². The number of non-ortho nitro benzene ring substituents is 1. The highest BCUT2D eigenvalue weighted by Gasteiger charge is 2.16. The van der Waals surface area contributed by atoms with Gasteiger partial charge in [-0.1, -0.05) is 42.5 Å². The number of aromatic hydroxyl groups is 1. The maximum atomic E-state index is 12.3. The van der Waals surface area contributed by atoms with Gasteiger partial charge in [-0.25, -0.2) is 5.43 Å². The molecule has 0 bridgehead atoms. The largest absolute Gasteiger partial charge is 0.507 e. The number of carbonyl (C=O) groups is 1. The Labute approximate surface area is 206 Å². The molecular weight excluding hydrogens is 462 g/mol. The molecule has 0 saturated carbocycles. The van der Waals surface area contributed by atoms with E-state index in [1.165, 1.54) is 6.21 Å². The van der Waals surface area contributed by atoms with Crippen LogP contribution in [0.1, 0.15) is 28.4 Å². The normalized spacial score (nSPS) is 10.9. The van der Waals surface area contributed by atoms with Gasteiger partial charge < -0.3 is 14.6 Å². The second kappa shape index (κ2) is 11.0. The van der Waals surface area contributed by atoms with Crippen molar-refractivity contribution < 1.29 is 24.3 Å². The molecule has 0 fully saturated rings. The van der Waals surface area contributed by atoms with Crippen molar-refractivity contribution in [2.75, 3.05) is 6.61 Å². The molecule has 4 aromatic rings. The minimum absolute atomic E-state index is 0.256. The number of fused-ring (bicyclic) bond motifs is 1. The van der Waals surface area contributed by atoms with Crippen LogP contribution < -0.4 is 14.9 Å². The molecular formula is C27H23N3O6. The predicted molar refractivity (Wildman–Crippen MR) is 136 cm³/mol. The maximum absolute atomic E-state index is 12.3. The average molecular weight is 485 g/mol. The minimum atomic E-state index is -0.785. The van der Waals surface area contributed by atoms with Crippen LogP contribution in [-0.4, -0.2) is 28.8 Å². The molecule has 4 aromatic carbocycles. The first-order valence-electron chi connectivity index (χ1n) is 11.1. The fraction of sp³-hybridized carbons (Fsp3) is 0.111. The number of nitrogens with one attached hydrogen (secondary N) is 1. The summed E-state index contributed by atoms with van der Waals surface area (Å²) >= 11 is 0. The number of hydrogen-bond acceptors (Lipinski definition) is 7. The Morgan fingerprint density at radius 2 is 1.83 bits per heavy atom. The standard InChI is InChI=1S/C27H23N3O6/c1-2-35-26-14-18(16-28-29-27(32)23-15-21(30(33)34)11-12-24(23)31)10-13-25(26)36-17-20-8-5-7-19-6-3-4-9-22(19)20/h3-16,31H,2,17H2,1H3,(H,29,32)/b28-16-. The van der Waals surface area contributed by atoms with Crippen LogP contribution in [0.4, 0.5) is 5.69 Å². The lowest BCUT2D eigenvalue weighted by Crippen LogP contribution is -2.18. The first kappa shape index (κ1) is 24.2. The van der Waals surface area contributed by atoms with Gasteiger partial charge in [0.15, 0.2) is 11.5 Å². The molecule has 0 aliphatic rings. The Balaban J connectivity index is 1.46. The van der Waals surface area contributed by atoms with E-state index in [9.17, 15) is 20.0 Å². The number of hydrazone groups is 1. The molecule has 182 valence electrons. The molecule has 0 spiro atoms. The SMILES string of the molecule is CCOc1cc(/C=N\NC(=O)c2cc([N+](=O)[O-])ccc2O)ccc1OCc1cccc2ccccc12. The summed E-state index contributed by atoms with van der Waals surface area (Å²) in [5.74, 6) is -0.0935. The Morgan fingerprint density at radius 1 is 1.03 bits per heavy atom. The van der Waals surface area contributed by atoms with Crippen LogP contribution in [0.15, 0.2) is 84.0 Å². The number of hydrogen-bond donors (Lipinski definition) is 2. The second-order valence-corrected chi connectivity index (χ2v) is 7.72. The summed E-state index contributed by atoms with van der Waals surface area (Å²) < 4.78 is 11.8. The number of rotatable bonds is 9. The highest BCUT2D eigenvalue weighted by Crippen LogP contribution is 2.30. The zero-order valence-electron chi connectivity index (χ0n) is 19.4. The number of nitro benzene ring substituents is 1. The summed E-state index contributed by atoms with van der Waals surface area (Å²) in [5, 5.41) is 26.9. The Kier molecular flexibility index (Phi) is 7.40. The van der Waals surface area contributed by atoms with Gasteiger partial charge >= 0.3 is 0 Å². The number of amides is 1. The van der Waals surface area contributed by atoms with Crippen molar-refractivity contribution in [3.8, 4) is 17.2 Å². The fourth-order valence-corrected chi connectivity index (χ4v) is 3.61. The molecule has 9 heteroatoms. The molecule has 0 aliphatic heterocycles. The van der Waals surface area contributed by atoms with Crippen LogP contribution in [0.25, 0.3) is 10.8 Å². The third kappa shape index (κ3) is 5.58. The van der Waals surface area contributed by atoms with Crippen molar-refractivity contribution in [2.24, 2.45) is 5.10 Å². The molecule has 9 nitrogen and oxygen atoms in total. The molecule has 0 unspecified atom stereocenters. The van der Waals surface area contributed by atoms with Gasteiger partial charge in [-0.2, -0.15) is 5.10 Å². The highest BCUT2D eigenvalue weighted by atomic mass is 16.6. The van der Waals surface area contributed by atoms with Gasteiger partial charge in [0, 0.05) is 12.1 Å². The average Bonchev–Trinajstić information content (AvgIpc) is 2.88. The lowest BCUT2D eigenvalue weighted by atomic mass is 10.1. The lowest BCUT2D eigenvalue weighted by molar-refractivity contribution is -0.384. The van der Waals surface area contributed by atoms with Crippen molar-refractivity contribution in [1.29, 1.82) is 0 Å². The van der Waals surface area contributed by atoms with E-state index in [1.54, 1.807) is 18.2 Å². The van der Waals surface area contributed by atoms with Gasteiger partial charge in [-0.05, 0) is 53.1 Å². The Hall–Kier alpha value is -4.92.